The van der Waals surface area contributed by atoms with Gasteiger partial charge in [0.25, 0.3) is 0 Å². The van der Waals surface area contributed by atoms with E-state index in [4.69, 9.17) is 4.74 Å². The van der Waals surface area contributed by atoms with Gasteiger partial charge < -0.3 is 9.84 Å². The molecule has 0 unspecified atom stereocenters. The maximum absolute atomic E-state index is 11.7. The van der Waals surface area contributed by atoms with Crippen LogP contribution >= 0.6 is 0 Å². The number of hydrogen-bond donors (Lipinski definition) is 1. The normalized spacial score (nSPS) is 10.7. The summed E-state index contributed by atoms with van der Waals surface area (Å²) in [5, 5.41) is 21.5. The molecular weight excluding hydrogens is 344 g/mol. The first kappa shape index (κ1) is 18.6. The highest BCUT2D eigenvalue weighted by Crippen LogP contribution is 2.29. The number of rotatable bonds is 8. The van der Waals surface area contributed by atoms with Crippen molar-refractivity contribution < 1.29 is 14.6 Å². The van der Waals surface area contributed by atoms with Gasteiger partial charge in [-0.1, -0.05) is 31.5 Å². The van der Waals surface area contributed by atoms with E-state index >= 15 is 0 Å². The van der Waals surface area contributed by atoms with Crippen molar-refractivity contribution in [1.82, 2.24) is 20.2 Å². The predicted octanol–water partition coefficient (Wildman–Crippen LogP) is 3.16. The summed E-state index contributed by atoms with van der Waals surface area (Å²) in [7, 11) is 0. The quantitative estimate of drug-likeness (QED) is 0.616. The average Bonchev–Trinajstić information content (AvgIpc) is 3.16. The third-order valence-corrected chi connectivity index (χ3v) is 4.31. The number of ketones is 1. The largest absolute Gasteiger partial charge is 0.507 e. The van der Waals surface area contributed by atoms with Crippen LogP contribution in [0.5, 0.6) is 11.5 Å². The van der Waals surface area contributed by atoms with Crippen molar-refractivity contribution in [2.75, 3.05) is 0 Å². The van der Waals surface area contributed by atoms with E-state index < -0.39 is 0 Å². The van der Waals surface area contributed by atoms with Crippen molar-refractivity contribution >= 4 is 5.78 Å². The number of aromatic hydroxyl groups is 1. The summed E-state index contributed by atoms with van der Waals surface area (Å²) in [6, 6.07) is 11.2. The number of Topliss-reactive ketones (excluding diaryl/α,β-unsaturated/α-hetero) is 1. The fraction of sp³-hybridized carbons (Fsp3) is 0.300. The van der Waals surface area contributed by atoms with Crippen LogP contribution in [0.1, 0.15) is 47.3 Å². The number of carbonyl (C=O) groups is 1. The van der Waals surface area contributed by atoms with Crippen molar-refractivity contribution in [2.45, 2.75) is 39.8 Å². The van der Waals surface area contributed by atoms with Crippen LogP contribution < -0.4 is 4.74 Å². The maximum Gasteiger partial charge on any atom is 0.163 e. The Balaban J connectivity index is 1.70. The number of phenolic OH excluding ortho intramolecular Hbond substituents is 1. The summed E-state index contributed by atoms with van der Waals surface area (Å²) < 4.78 is 7.53. The summed E-state index contributed by atoms with van der Waals surface area (Å²) in [6.07, 6.45) is 3.13. The second kappa shape index (κ2) is 8.44. The lowest BCUT2D eigenvalue weighted by Crippen LogP contribution is -2.04. The molecule has 3 aromatic rings. The molecule has 0 fully saturated rings. The molecule has 1 heterocycles. The molecule has 0 atom stereocenters. The van der Waals surface area contributed by atoms with Crippen LogP contribution in [0, 0.1) is 0 Å². The summed E-state index contributed by atoms with van der Waals surface area (Å²) in [4.78, 5) is 11.7. The number of tetrazole rings is 1. The summed E-state index contributed by atoms with van der Waals surface area (Å²) >= 11 is 0. The van der Waals surface area contributed by atoms with Gasteiger partial charge in [0.15, 0.2) is 5.78 Å². The Kier molecular flexibility index (Phi) is 5.80. The lowest BCUT2D eigenvalue weighted by Gasteiger charge is -2.14. The first-order valence-electron chi connectivity index (χ1n) is 8.85. The van der Waals surface area contributed by atoms with Crippen molar-refractivity contribution in [3.63, 3.8) is 0 Å². The molecule has 1 N–H and O–H groups in total. The van der Waals surface area contributed by atoms with Crippen LogP contribution in [0.2, 0.25) is 0 Å². The molecule has 0 aliphatic rings. The fourth-order valence-electron chi connectivity index (χ4n) is 2.92. The smallest absolute Gasteiger partial charge is 0.163 e. The Morgan fingerprint density at radius 1 is 1.19 bits per heavy atom. The molecule has 0 radical (unpaired) electrons. The van der Waals surface area contributed by atoms with Crippen molar-refractivity contribution in [2.24, 2.45) is 0 Å². The summed E-state index contributed by atoms with van der Waals surface area (Å²) in [5.74, 6) is 0.658. The number of hydrogen-bond acceptors (Lipinski definition) is 6. The molecule has 7 nitrogen and oxygen atoms in total. The van der Waals surface area contributed by atoms with Crippen LogP contribution in [0.25, 0.3) is 0 Å². The van der Waals surface area contributed by atoms with Crippen LogP contribution in [-0.4, -0.2) is 31.1 Å². The molecule has 7 heteroatoms. The van der Waals surface area contributed by atoms with Crippen LogP contribution in [0.4, 0.5) is 0 Å². The second-order valence-electron chi connectivity index (χ2n) is 6.35. The van der Waals surface area contributed by atoms with Gasteiger partial charge in [-0.25, -0.2) is 4.68 Å². The van der Waals surface area contributed by atoms with Gasteiger partial charge in [0.2, 0.25) is 0 Å². The molecule has 0 aliphatic carbocycles. The van der Waals surface area contributed by atoms with Gasteiger partial charge in [0.05, 0.1) is 12.1 Å². The molecule has 0 bridgehead atoms. The Morgan fingerprint density at radius 2 is 1.96 bits per heavy atom. The summed E-state index contributed by atoms with van der Waals surface area (Å²) in [5.41, 5.74) is 3.08. The Labute approximate surface area is 157 Å². The number of carbonyl (C=O) groups excluding carboxylic acids is 1. The van der Waals surface area contributed by atoms with Crippen LogP contribution in [0.3, 0.4) is 0 Å². The number of ether oxygens (including phenoxy) is 1. The van der Waals surface area contributed by atoms with E-state index in [0.29, 0.717) is 25.1 Å². The lowest BCUT2D eigenvalue weighted by molar-refractivity contribution is 0.101. The highest BCUT2D eigenvalue weighted by atomic mass is 16.5. The maximum atomic E-state index is 11.7. The minimum Gasteiger partial charge on any atom is -0.507 e. The number of benzene rings is 2. The molecular formula is C20H22N4O3. The molecule has 0 saturated heterocycles. The van der Waals surface area contributed by atoms with E-state index in [1.54, 1.807) is 17.1 Å². The molecule has 140 valence electrons. The van der Waals surface area contributed by atoms with Gasteiger partial charge in [0, 0.05) is 5.56 Å². The third-order valence-electron chi connectivity index (χ3n) is 4.31. The average molecular weight is 366 g/mol. The van der Waals surface area contributed by atoms with Crippen molar-refractivity contribution in [3.8, 4) is 11.5 Å². The topological polar surface area (TPSA) is 90.1 Å². The number of aromatic nitrogens is 4. The van der Waals surface area contributed by atoms with Gasteiger partial charge in [-0.15, -0.1) is 5.10 Å². The standard InChI is InChI=1S/C20H22N4O3/c1-3-4-19-16(7-10-18(14(2)25)20(19)26)12-27-17-8-5-15(6-9-17)11-24-13-21-22-23-24/h5-10,13,26H,3-4,11-12H2,1-2H3. The Morgan fingerprint density at radius 3 is 2.59 bits per heavy atom. The van der Waals surface area contributed by atoms with E-state index in [1.165, 1.54) is 6.92 Å². The van der Waals surface area contributed by atoms with E-state index in [-0.39, 0.29) is 11.5 Å². The van der Waals surface area contributed by atoms with Gasteiger partial charge >= 0.3 is 0 Å². The van der Waals surface area contributed by atoms with E-state index in [1.807, 2.05) is 37.3 Å². The first-order chi connectivity index (χ1) is 13.1. The zero-order valence-corrected chi connectivity index (χ0v) is 15.4. The molecule has 0 amide bonds. The fourth-order valence-corrected chi connectivity index (χ4v) is 2.92. The molecule has 0 aliphatic heterocycles. The Hall–Kier alpha value is -3.22. The van der Waals surface area contributed by atoms with E-state index in [2.05, 4.69) is 15.5 Å². The van der Waals surface area contributed by atoms with Crippen LogP contribution in [-0.2, 0) is 19.6 Å². The first-order valence-corrected chi connectivity index (χ1v) is 8.85. The lowest BCUT2D eigenvalue weighted by atomic mass is 9.97. The minimum absolute atomic E-state index is 0.0715. The van der Waals surface area contributed by atoms with Gasteiger partial charge in [-0.3, -0.25) is 4.79 Å². The molecule has 2 aromatic carbocycles. The van der Waals surface area contributed by atoms with Gasteiger partial charge in [-0.2, -0.15) is 0 Å². The van der Waals surface area contributed by atoms with Gasteiger partial charge in [0.1, 0.15) is 24.4 Å². The zero-order valence-electron chi connectivity index (χ0n) is 15.4. The Bertz CT molecular complexity index is 906. The predicted molar refractivity (Wildman–Crippen MR) is 99.8 cm³/mol. The van der Waals surface area contributed by atoms with Crippen LogP contribution in [0.15, 0.2) is 42.7 Å². The molecule has 27 heavy (non-hydrogen) atoms. The highest BCUT2D eigenvalue weighted by molar-refractivity contribution is 5.97. The molecule has 3 rings (SSSR count). The monoisotopic (exact) mass is 366 g/mol. The molecule has 1 aromatic heterocycles. The van der Waals surface area contributed by atoms with E-state index in [9.17, 15) is 9.90 Å². The second-order valence-corrected chi connectivity index (χ2v) is 6.35. The van der Waals surface area contributed by atoms with E-state index in [0.717, 1.165) is 28.9 Å². The molecule has 0 saturated carbocycles. The zero-order chi connectivity index (χ0) is 19.2. The summed E-state index contributed by atoms with van der Waals surface area (Å²) in [6.45, 7) is 4.41. The minimum atomic E-state index is -0.143. The van der Waals surface area contributed by atoms with Crippen molar-refractivity contribution in [1.29, 1.82) is 0 Å². The SMILES string of the molecule is CCCc1c(COc2ccc(Cn3cnnn3)cc2)ccc(C(C)=O)c1O. The number of phenols is 1. The number of nitrogens with zero attached hydrogens (tertiary/aromatic N) is 4. The molecule has 0 spiro atoms. The van der Waals surface area contributed by atoms with Crippen molar-refractivity contribution in [3.05, 3.63) is 65.0 Å². The van der Waals surface area contributed by atoms with Gasteiger partial charge in [-0.05, 0) is 53.1 Å². The highest BCUT2D eigenvalue weighted by Gasteiger charge is 2.15. The third kappa shape index (κ3) is 4.49.